The molecule has 0 radical (unpaired) electrons. The number of halogens is 2. The van der Waals surface area contributed by atoms with Crippen molar-refractivity contribution in [3.05, 3.63) is 52.6 Å². The summed E-state index contributed by atoms with van der Waals surface area (Å²) in [5, 5.41) is 4.07. The second-order valence-electron chi connectivity index (χ2n) is 5.92. The molecule has 0 aliphatic heterocycles. The third-order valence-electron chi connectivity index (χ3n) is 4.01. The highest BCUT2D eigenvalue weighted by Crippen LogP contribution is 2.18. The number of benzene rings is 1. The monoisotopic (exact) mass is 372 g/mol. The maximum atomic E-state index is 14.1. The minimum Gasteiger partial charge on any atom is -0.361 e. The number of aromatic amines is 1. The second-order valence-corrected chi connectivity index (χ2v) is 5.92. The van der Waals surface area contributed by atoms with Crippen molar-refractivity contribution in [2.75, 3.05) is 24.4 Å². The molecular formula is C16H14F2N8O. The Bertz CT molecular complexity index is 1220. The quantitative estimate of drug-likeness (QED) is 0.554. The van der Waals surface area contributed by atoms with Gasteiger partial charge in [0.05, 0.1) is 12.9 Å². The van der Waals surface area contributed by atoms with Crippen LogP contribution in [0.4, 0.5) is 14.6 Å². The van der Waals surface area contributed by atoms with Gasteiger partial charge in [-0.1, -0.05) is 0 Å². The molecule has 11 heteroatoms. The van der Waals surface area contributed by atoms with Gasteiger partial charge in [0, 0.05) is 14.1 Å². The Morgan fingerprint density at radius 3 is 2.74 bits per heavy atom. The molecule has 3 aromatic heterocycles. The van der Waals surface area contributed by atoms with Crippen molar-refractivity contribution in [3.63, 3.8) is 0 Å². The topological polar surface area (TPSA) is 105 Å². The molecule has 4 rings (SSSR count). The molecule has 138 valence electrons. The molecule has 2 N–H and O–H groups in total. The molecule has 0 saturated carbocycles. The van der Waals surface area contributed by atoms with Gasteiger partial charge in [0.15, 0.2) is 17.3 Å². The summed E-state index contributed by atoms with van der Waals surface area (Å²) in [6.07, 6.45) is 2.82. The van der Waals surface area contributed by atoms with Crippen molar-refractivity contribution in [1.29, 1.82) is 0 Å². The Balaban J connectivity index is 1.83. The van der Waals surface area contributed by atoms with E-state index in [1.165, 1.54) is 22.3 Å². The van der Waals surface area contributed by atoms with Crippen molar-refractivity contribution in [1.82, 2.24) is 29.6 Å². The van der Waals surface area contributed by atoms with E-state index >= 15 is 0 Å². The molecule has 0 spiro atoms. The van der Waals surface area contributed by atoms with Gasteiger partial charge in [-0.25, -0.2) is 33.4 Å². The zero-order valence-electron chi connectivity index (χ0n) is 14.4. The smallest absolute Gasteiger partial charge is 0.283 e. The first-order chi connectivity index (χ1) is 13.0. The molecule has 0 atom stereocenters. The van der Waals surface area contributed by atoms with E-state index in [-0.39, 0.29) is 17.9 Å². The fourth-order valence-corrected chi connectivity index (χ4v) is 2.84. The molecular weight excluding hydrogens is 358 g/mol. The molecule has 0 aliphatic carbocycles. The van der Waals surface area contributed by atoms with Crippen molar-refractivity contribution in [3.8, 4) is 0 Å². The highest BCUT2D eigenvalue weighted by Gasteiger charge is 2.18. The minimum atomic E-state index is -0.825. The van der Waals surface area contributed by atoms with E-state index in [9.17, 15) is 13.6 Å². The first-order valence-electron chi connectivity index (χ1n) is 7.92. The van der Waals surface area contributed by atoms with Crippen LogP contribution in [-0.4, -0.2) is 43.7 Å². The predicted octanol–water partition coefficient (Wildman–Crippen LogP) is 1.15. The number of H-pyrrole nitrogens is 1. The normalized spacial score (nSPS) is 11.3. The summed E-state index contributed by atoms with van der Waals surface area (Å²) >= 11 is 0. The molecule has 0 fully saturated rings. The molecule has 1 aromatic carbocycles. The van der Waals surface area contributed by atoms with E-state index in [0.717, 1.165) is 12.1 Å². The number of aromatic nitrogens is 6. The van der Waals surface area contributed by atoms with Crippen LogP contribution in [0.25, 0.3) is 22.1 Å². The van der Waals surface area contributed by atoms with Crippen LogP contribution in [0.1, 0.15) is 5.82 Å². The van der Waals surface area contributed by atoms with Crippen molar-refractivity contribution in [2.45, 2.75) is 6.54 Å². The fraction of sp³-hybridized carbons (Fsp3) is 0.188. The number of nitrogens with zero attached hydrogens (tertiary/aromatic N) is 6. The SMILES string of the molecule is CN(C)n1c(CNc2ncnc3nc[nH]c23)nc2c(F)ccc(F)c2c1=O. The lowest BCUT2D eigenvalue weighted by molar-refractivity contribution is 0.598. The molecule has 0 unspecified atom stereocenters. The average Bonchev–Trinajstić information content (AvgIpc) is 3.11. The van der Waals surface area contributed by atoms with Crippen LogP contribution in [0.3, 0.4) is 0 Å². The molecule has 27 heavy (non-hydrogen) atoms. The number of nitrogens with one attached hydrogen (secondary N) is 2. The number of rotatable bonds is 4. The first kappa shape index (κ1) is 16.8. The number of imidazole rings is 1. The summed E-state index contributed by atoms with van der Waals surface area (Å²) < 4.78 is 29.4. The van der Waals surface area contributed by atoms with Crippen LogP contribution in [-0.2, 0) is 6.54 Å². The maximum Gasteiger partial charge on any atom is 0.283 e. The van der Waals surface area contributed by atoms with E-state index in [0.29, 0.717) is 17.0 Å². The van der Waals surface area contributed by atoms with Gasteiger partial charge in [0.25, 0.3) is 5.56 Å². The van der Waals surface area contributed by atoms with Crippen LogP contribution in [0.2, 0.25) is 0 Å². The van der Waals surface area contributed by atoms with Crippen LogP contribution < -0.4 is 15.9 Å². The Labute approximate surface area is 150 Å². The van der Waals surface area contributed by atoms with Crippen LogP contribution in [0, 0.1) is 11.6 Å². The van der Waals surface area contributed by atoms with E-state index in [2.05, 4.69) is 30.2 Å². The molecule has 0 aliphatic rings. The van der Waals surface area contributed by atoms with Crippen LogP contribution >= 0.6 is 0 Å². The summed E-state index contributed by atoms with van der Waals surface area (Å²) in [4.78, 5) is 32.0. The summed E-state index contributed by atoms with van der Waals surface area (Å²) in [6, 6.07) is 1.86. The van der Waals surface area contributed by atoms with Crippen molar-refractivity contribution in [2.24, 2.45) is 0 Å². The van der Waals surface area contributed by atoms with E-state index < -0.39 is 22.6 Å². The zero-order valence-corrected chi connectivity index (χ0v) is 14.4. The largest absolute Gasteiger partial charge is 0.361 e. The summed E-state index contributed by atoms with van der Waals surface area (Å²) in [7, 11) is 3.21. The zero-order chi connectivity index (χ0) is 19.1. The van der Waals surface area contributed by atoms with Crippen molar-refractivity contribution < 1.29 is 8.78 Å². The van der Waals surface area contributed by atoms with Gasteiger partial charge in [-0.05, 0) is 12.1 Å². The van der Waals surface area contributed by atoms with Gasteiger partial charge in [0.1, 0.15) is 34.4 Å². The van der Waals surface area contributed by atoms with Gasteiger partial charge >= 0.3 is 0 Å². The molecule has 4 aromatic rings. The molecule has 0 bridgehead atoms. The summed E-state index contributed by atoms with van der Waals surface area (Å²) in [6.45, 7) is 0.0322. The van der Waals surface area contributed by atoms with Gasteiger partial charge in [-0.15, -0.1) is 0 Å². The Hall–Kier alpha value is -3.63. The van der Waals surface area contributed by atoms with Crippen LogP contribution in [0.5, 0.6) is 0 Å². The maximum absolute atomic E-state index is 14.1. The molecule has 9 nitrogen and oxygen atoms in total. The standard InChI is InChI=1S/C16H14F2N8O/c1-25(2)26-10(5-19-14-13-15(21-6-20-13)23-7-22-14)24-12-9(18)4-3-8(17)11(12)16(26)27/h3-4,6-7H,5H2,1-2H3,(H2,19,20,21,22,23). The highest BCUT2D eigenvalue weighted by molar-refractivity contribution is 5.82. The average molecular weight is 372 g/mol. The third-order valence-corrected chi connectivity index (χ3v) is 4.01. The van der Waals surface area contributed by atoms with Gasteiger partial charge < -0.3 is 15.3 Å². The lowest BCUT2D eigenvalue weighted by Gasteiger charge is -2.21. The van der Waals surface area contributed by atoms with E-state index in [1.54, 1.807) is 14.1 Å². The van der Waals surface area contributed by atoms with E-state index in [4.69, 9.17) is 0 Å². The van der Waals surface area contributed by atoms with Gasteiger partial charge in [-0.3, -0.25) is 4.79 Å². The van der Waals surface area contributed by atoms with Crippen LogP contribution in [0.15, 0.2) is 29.6 Å². The highest BCUT2D eigenvalue weighted by atomic mass is 19.1. The lowest BCUT2D eigenvalue weighted by atomic mass is 10.2. The molecule has 0 saturated heterocycles. The Kier molecular flexibility index (Phi) is 3.90. The minimum absolute atomic E-state index is 0.0322. The number of hydrogen-bond acceptors (Lipinski definition) is 7. The predicted molar refractivity (Wildman–Crippen MR) is 95.0 cm³/mol. The Morgan fingerprint density at radius 2 is 1.96 bits per heavy atom. The number of hydrogen-bond donors (Lipinski definition) is 2. The lowest BCUT2D eigenvalue weighted by Crippen LogP contribution is -2.40. The summed E-state index contributed by atoms with van der Waals surface area (Å²) in [5.74, 6) is -0.965. The fourth-order valence-electron chi connectivity index (χ4n) is 2.84. The molecule has 3 heterocycles. The Morgan fingerprint density at radius 1 is 1.19 bits per heavy atom. The summed E-state index contributed by atoms with van der Waals surface area (Å²) in [5.41, 5.74) is 0.0313. The first-order valence-corrected chi connectivity index (χ1v) is 7.92. The van der Waals surface area contributed by atoms with Gasteiger partial charge in [-0.2, -0.15) is 0 Å². The van der Waals surface area contributed by atoms with Gasteiger partial charge in [0.2, 0.25) is 0 Å². The third kappa shape index (κ3) is 2.72. The van der Waals surface area contributed by atoms with E-state index in [1.807, 2.05) is 0 Å². The number of fused-ring (bicyclic) bond motifs is 2. The number of anilines is 1. The molecule has 0 amide bonds. The van der Waals surface area contributed by atoms with Crippen molar-refractivity contribution >= 4 is 27.9 Å². The second kappa shape index (κ2) is 6.27.